The van der Waals surface area contributed by atoms with E-state index in [4.69, 9.17) is 16.3 Å². The molecule has 1 aromatic heterocycles. The molecule has 1 unspecified atom stereocenters. The first-order chi connectivity index (χ1) is 10.0. The van der Waals surface area contributed by atoms with Crippen molar-refractivity contribution >= 4 is 11.6 Å². The molecule has 0 radical (unpaired) electrons. The van der Waals surface area contributed by atoms with Gasteiger partial charge in [-0.2, -0.15) is 5.10 Å². The summed E-state index contributed by atoms with van der Waals surface area (Å²) in [7, 11) is 1.63. The summed E-state index contributed by atoms with van der Waals surface area (Å²) in [4.78, 5) is 0. The Morgan fingerprint density at radius 2 is 1.86 bits per heavy atom. The van der Waals surface area contributed by atoms with Crippen molar-refractivity contribution in [1.29, 1.82) is 0 Å². The molecule has 5 heteroatoms. The van der Waals surface area contributed by atoms with Gasteiger partial charge < -0.3 is 9.84 Å². The van der Waals surface area contributed by atoms with E-state index in [1.165, 1.54) is 5.56 Å². The monoisotopic (exact) mass is 308 g/mol. The highest BCUT2D eigenvalue weighted by atomic mass is 35.5. The average Bonchev–Trinajstić information content (AvgIpc) is 2.85. The van der Waals surface area contributed by atoms with Gasteiger partial charge in [0.25, 0.3) is 0 Å². The van der Waals surface area contributed by atoms with E-state index in [2.05, 4.69) is 18.9 Å². The molecular weight excluding hydrogens is 288 g/mol. The minimum Gasteiger partial charge on any atom is -0.383 e. The molecule has 0 spiro atoms. The fourth-order valence-corrected chi connectivity index (χ4v) is 2.47. The van der Waals surface area contributed by atoms with Crippen LogP contribution in [0.3, 0.4) is 0 Å². The molecule has 0 saturated heterocycles. The lowest BCUT2D eigenvalue weighted by Gasteiger charge is -2.15. The predicted octanol–water partition coefficient (Wildman–Crippen LogP) is 3.39. The van der Waals surface area contributed by atoms with Gasteiger partial charge in [0, 0.05) is 7.11 Å². The Kier molecular flexibility index (Phi) is 5.39. The maximum absolute atomic E-state index is 10.6. The normalized spacial score (nSPS) is 12.9. The Morgan fingerprint density at radius 3 is 2.43 bits per heavy atom. The summed E-state index contributed by atoms with van der Waals surface area (Å²) >= 11 is 6.17. The van der Waals surface area contributed by atoms with Crippen LogP contribution in [0.25, 0.3) is 0 Å². The Bertz CT molecular complexity index is 578. The molecule has 2 aromatic rings. The third kappa shape index (κ3) is 3.64. The van der Waals surface area contributed by atoms with Gasteiger partial charge in [0.05, 0.1) is 30.1 Å². The number of aromatic nitrogens is 2. The molecule has 114 valence electrons. The van der Waals surface area contributed by atoms with Gasteiger partial charge >= 0.3 is 0 Å². The van der Waals surface area contributed by atoms with Crippen molar-refractivity contribution in [2.24, 2.45) is 0 Å². The first kappa shape index (κ1) is 16.0. The number of aliphatic hydroxyl groups excluding tert-OH is 1. The molecule has 0 bridgehead atoms. The van der Waals surface area contributed by atoms with Crippen molar-refractivity contribution < 1.29 is 9.84 Å². The Hall–Kier alpha value is -1.36. The zero-order chi connectivity index (χ0) is 15.4. The van der Waals surface area contributed by atoms with Crippen molar-refractivity contribution in [2.45, 2.75) is 32.4 Å². The van der Waals surface area contributed by atoms with E-state index in [1.54, 1.807) is 18.0 Å². The van der Waals surface area contributed by atoms with Crippen molar-refractivity contribution in [3.8, 4) is 0 Å². The molecule has 0 fully saturated rings. The molecule has 1 N–H and O–H groups in total. The molecule has 21 heavy (non-hydrogen) atoms. The van der Waals surface area contributed by atoms with Gasteiger partial charge in [-0.25, -0.2) is 0 Å². The molecule has 1 heterocycles. The van der Waals surface area contributed by atoms with Crippen LogP contribution in [-0.4, -0.2) is 28.6 Å². The molecule has 0 amide bonds. The van der Waals surface area contributed by atoms with E-state index >= 15 is 0 Å². The van der Waals surface area contributed by atoms with E-state index in [0.29, 0.717) is 29.8 Å². The summed E-state index contributed by atoms with van der Waals surface area (Å²) in [5.41, 5.74) is 2.65. The van der Waals surface area contributed by atoms with E-state index in [0.717, 1.165) is 5.56 Å². The second kappa shape index (κ2) is 7.07. The highest BCUT2D eigenvalue weighted by molar-refractivity contribution is 6.31. The smallest absolute Gasteiger partial charge is 0.122 e. The number of ether oxygens (including phenoxy) is 1. The van der Waals surface area contributed by atoms with Crippen molar-refractivity contribution in [3.05, 3.63) is 52.3 Å². The molecule has 0 aliphatic carbocycles. The van der Waals surface area contributed by atoms with Crippen LogP contribution in [0.1, 0.15) is 42.7 Å². The molecule has 4 nitrogen and oxygen atoms in total. The minimum atomic E-state index is -0.793. The second-order valence-electron chi connectivity index (χ2n) is 5.32. The number of aliphatic hydroxyl groups is 1. The van der Waals surface area contributed by atoms with Crippen LogP contribution in [0.4, 0.5) is 0 Å². The largest absolute Gasteiger partial charge is 0.383 e. The van der Waals surface area contributed by atoms with Gasteiger partial charge in [0.2, 0.25) is 0 Å². The van der Waals surface area contributed by atoms with Crippen LogP contribution < -0.4 is 0 Å². The lowest BCUT2D eigenvalue weighted by Crippen LogP contribution is -2.13. The standard InChI is InChI=1S/C16H21ClN2O2/c1-11(2)12-4-6-13(7-5-12)16(20)15-14(17)10-18-19(15)8-9-21-3/h4-7,10-11,16,20H,8-9H2,1-3H3. The van der Waals surface area contributed by atoms with Gasteiger partial charge in [-0.05, 0) is 17.0 Å². The Balaban J connectivity index is 2.26. The molecular formula is C16H21ClN2O2. The van der Waals surface area contributed by atoms with Crippen molar-refractivity contribution in [3.63, 3.8) is 0 Å². The quantitative estimate of drug-likeness (QED) is 0.890. The van der Waals surface area contributed by atoms with E-state index in [9.17, 15) is 5.11 Å². The number of nitrogens with zero attached hydrogens (tertiary/aromatic N) is 2. The van der Waals surface area contributed by atoms with E-state index in [1.807, 2.05) is 24.3 Å². The van der Waals surface area contributed by atoms with Crippen LogP contribution in [0.2, 0.25) is 5.02 Å². The lowest BCUT2D eigenvalue weighted by molar-refractivity contribution is 0.171. The van der Waals surface area contributed by atoms with Crippen molar-refractivity contribution in [1.82, 2.24) is 9.78 Å². The average molecular weight is 309 g/mol. The number of halogens is 1. The van der Waals surface area contributed by atoms with Gasteiger partial charge in [0.1, 0.15) is 6.10 Å². The van der Waals surface area contributed by atoms with Gasteiger partial charge in [0.15, 0.2) is 0 Å². The summed E-state index contributed by atoms with van der Waals surface area (Å²) in [5, 5.41) is 15.2. The number of rotatable bonds is 6. The summed E-state index contributed by atoms with van der Waals surface area (Å²) in [6.45, 7) is 5.36. The van der Waals surface area contributed by atoms with Crippen LogP contribution in [0.15, 0.2) is 30.5 Å². The summed E-state index contributed by atoms with van der Waals surface area (Å²) < 4.78 is 6.74. The van der Waals surface area contributed by atoms with E-state index in [-0.39, 0.29) is 0 Å². The molecule has 1 aromatic carbocycles. The number of hydrogen-bond acceptors (Lipinski definition) is 3. The van der Waals surface area contributed by atoms with Gasteiger partial charge in [-0.15, -0.1) is 0 Å². The first-order valence-corrected chi connectivity index (χ1v) is 7.40. The van der Waals surface area contributed by atoms with E-state index < -0.39 is 6.10 Å². The molecule has 0 saturated carbocycles. The maximum Gasteiger partial charge on any atom is 0.122 e. The summed E-state index contributed by atoms with van der Waals surface area (Å²) in [5.74, 6) is 0.465. The Morgan fingerprint density at radius 1 is 1.24 bits per heavy atom. The fraction of sp³-hybridized carbons (Fsp3) is 0.438. The topological polar surface area (TPSA) is 47.3 Å². The summed E-state index contributed by atoms with van der Waals surface area (Å²) in [6.07, 6.45) is 0.760. The third-order valence-electron chi connectivity index (χ3n) is 3.52. The van der Waals surface area contributed by atoms with Crippen LogP contribution in [0, 0.1) is 0 Å². The van der Waals surface area contributed by atoms with Crippen LogP contribution >= 0.6 is 11.6 Å². The number of hydrogen-bond donors (Lipinski definition) is 1. The first-order valence-electron chi connectivity index (χ1n) is 7.02. The highest BCUT2D eigenvalue weighted by Gasteiger charge is 2.20. The van der Waals surface area contributed by atoms with Gasteiger partial charge in [-0.1, -0.05) is 49.7 Å². The zero-order valence-electron chi connectivity index (χ0n) is 12.6. The number of benzene rings is 1. The molecule has 0 aliphatic rings. The van der Waals surface area contributed by atoms with Crippen LogP contribution in [-0.2, 0) is 11.3 Å². The summed E-state index contributed by atoms with van der Waals surface area (Å²) in [6, 6.07) is 7.94. The van der Waals surface area contributed by atoms with Crippen molar-refractivity contribution in [2.75, 3.05) is 13.7 Å². The third-order valence-corrected chi connectivity index (χ3v) is 3.81. The van der Waals surface area contributed by atoms with Gasteiger partial charge in [-0.3, -0.25) is 4.68 Å². The lowest BCUT2D eigenvalue weighted by atomic mass is 9.99. The highest BCUT2D eigenvalue weighted by Crippen LogP contribution is 2.29. The second-order valence-corrected chi connectivity index (χ2v) is 5.72. The molecule has 1 atom stereocenters. The number of methoxy groups -OCH3 is 1. The molecule has 2 rings (SSSR count). The SMILES string of the molecule is COCCn1ncc(Cl)c1C(O)c1ccc(C(C)C)cc1. The zero-order valence-corrected chi connectivity index (χ0v) is 13.3. The minimum absolute atomic E-state index is 0.464. The fourth-order valence-electron chi connectivity index (χ4n) is 2.22. The van der Waals surface area contributed by atoms with Crippen LogP contribution in [0.5, 0.6) is 0 Å². The maximum atomic E-state index is 10.6. The predicted molar refractivity (Wildman–Crippen MR) is 83.7 cm³/mol. The Labute approximate surface area is 130 Å². The molecule has 0 aliphatic heterocycles.